The molecule has 1 heterocycles. The van der Waals surface area contributed by atoms with Gasteiger partial charge in [0.1, 0.15) is 12.4 Å². The molecular formula is C26H29FN2O3. The van der Waals surface area contributed by atoms with Gasteiger partial charge in [-0.05, 0) is 62.1 Å². The molecule has 6 heteroatoms. The molecule has 0 unspecified atom stereocenters. The average Bonchev–Trinajstić information content (AvgIpc) is 3.25. The summed E-state index contributed by atoms with van der Waals surface area (Å²) in [6.07, 6.45) is 8.10. The maximum absolute atomic E-state index is 14.6. The zero-order chi connectivity index (χ0) is 22.6. The highest BCUT2D eigenvalue weighted by atomic mass is 19.1. The van der Waals surface area contributed by atoms with Crippen molar-refractivity contribution in [3.63, 3.8) is 0 Å². The first-order chi connectivity index (χ1) is 15.5. The monoisotopic (exact) mass is 436 g/mol. The van der Waals surface area contributed by atoms with Crippen LogP contribution in [-0.4, -0.2) is 22.1 Å². The fourth-order valence-corrected chi connectivity index (χ4v) is 4.51. The van der Waals surface area contributed by atoms with Crippen molar-refractivity contribution in [2.75, 3.05) is 6.61 Å². The van der Waals surface area contributed by atoms with E-state index >= 15 is 0 Å². The Morgan fingerprint density at radius 3 is 2.53 bits per heavy atom. The van der Waals surface area contributed by atoms with E-state index in [1.165, 1.54) is 6.07 Å². The number of ether oxygens (including phenoxy) is 2. The number of aromatic nitrogens is 2. The van der Waals surface area contributed by atoms with E-state index in [9.17, 15) is 9.18 Å². The van der Waals surface area contributed by atoms with Crippen LogP contribution in [0.2, 0.25) is 0 Å². The molecule has 0 saturated heterocycles. The molecule has 1 aliphatic carbocycles. The van der Waals surface area contributed by atoms with E-state index < -0.39 is 11.2 Å². The van der Waals surface area contributed by atoms with Crippen LogP contribution in [0.3, 0.4) is 0 Å². The van der Waals surface area contributed by atoms with Crippen molar-refractivity contribution >= 4 is 5.97 Å². The van der Waals surface area contributed by atoms with Crippen molar-refractivity contribution in [3.8, 4) is 11.4 Å². The fraction of sp³-hybridized carbons (Fsp3) is 0.385. The molecule has 1 aliphatic rings. The average molecular weight is 437 g/mol. The molecular weight excluding hydrogens is 407 g/mol. The van der Waals surface area contributed by atoms with Crippen LogP contribution in [-0.2, 0) is 21.6 Å². The molecule has 1 fully saturated rings. The molecule has 32 heavy (non-hydrogen) atoms. The second-order valence-corrected chi connectivity index (χ2v) is 8.31. The van der Waals surface area contributed by atoms with Gasteiger partial charge in [-0.15, -0.1) is 0 Å². The minimum Gasteiger partial charge on any atom is -0.486 e. The Morgan fingerprint density at radius 2 is 1.88 bits per heavy atom. The molecule has 0 bridgehead atoms. The van der Waals surface area contributed by atoms with Crippen molar-refractivity contribution in [2.24, 2.45) is 0 Å². The summed E-state index contributed by atoms with van der Waals surface area (Å²) in [7, 11) is 0. The van der Waals surface area contributed by atoms with Gasteiger partial charge in [-0.2, -0.15) is 0 Å². The van der Waals surface area contributed by atoms with E-state index in [0.29, 0.717) is 19.4 Å². The molecule has 4 rings (SSSR count). The number of nitrogens with zero attached hydrogens (tertiary/aromatic N) is 2. The number of esters is 1. The van der Waals surface area contributed by atoms with Gasteiger partial charge in [0, 0.05) is 18.1 Å². The Kier molecular flexibility index (Phi) is 6.58. The molecule has 168 valence electrons. The highest BCUT2D eigenvalue weighted by Crippen LogP contribution is 2.42. The Labute approximate surface area is 188 Å². The van der Waals surface area contributed by atoms with Crippen LogP contribution < -0.4 is 4.74 Å². The number of benzene rings is 2. The molecule has 0 spiro atoms. The highest BCUT2D eigenvalue weighted by molar-refractivity contribution is 5.83. The third kappa shape index (κ3) is 4.40. The van der Waals surface area contributed by atoms with E-state index in [0.717, 1.165) is 41.9 Å². The van der Waals surface area contributed by atoms with Crippen LogP contribution in [0.5, 0.6) is 5.75 Å². The third-order valence-corrected chi connectivity index (χ3v) is 6.29. The molecule has 0 radical (unpaired) electrons. The maximum atomic E-state index is 14.6. The van der Waals surface area contributed by atoms with Crippen LogP contribution in [0.25, 0.3) is 5.69 Å². The maximum Gasteiger partial charge on any atom is 0.316 e. The van der Waals surface area contributed by atoms with E-state index in [4.69, 9.17) is 9.47 Å². The molecule has 5 nitrogen and oxygen atoms in total. The number of carbonyl (C=O) groups is 1. The largest absolute Gasteiger partial charge is 0.486 e. The first kappa shape index (κ1) is 22.1. The van der Waals surface area contributed by atoms with Crippen LogP contribution in [0.4, 0.5) is 4.39 Å². The zero-order valence-electron chi connectivity index (χ0n) is 18.6. The highest BCUT2D eigenvalue weighted by Gasteiger charge is 2.43. The van der Waals surface area contributed by atoms with E-state index in [1.54, 1.807) is 18.3 Å². The number of aryl methyl sites for hydroxylation is 1. The lowest BCUT2D eigenvalue weighted by Gasteiger charge is -2.35. The number of hydrogen-bond donors (Lipinski definition) is 0. The van der Waals surface area contributed by atoms with Gasteiger partial charge in [-0.3, -0.25) is 4.79 Å². The number of imidazole rings is 1. The minimum atomic E-state index is -0.718. The van der Waals surface area contributed by atoms with E-state index in [1.807, 2.05) is 48.9 Å². The Bertz CT molecular complexity index is 1070. The van der Waals surface area contributed by atoms with Gasteiger partial charge in [-0.25, -0.2) is 9.37 Å². The molecule has 2 aromatic carbocycles. The second kappa shape index (κ2) is 9.55. The van der Waals surface area contributed by atoms with Crippen LogP contribution in [0.1, 0.15) is 56.0 Å². The van der Waals surface area contributed by atoms with Crippen molar-refractivity contribution in [2.45, 2.75) is 58.0 Å². The van der Waals surface area contributed by atoms with Crippen molar-refractivity contribution in [1.82, 2.24) is 9.55 Å². The molecule has 1 aromatic heterocycles. The van der Waals surface area contributed by atoms with Crippen LogP contribution >= 0.6 is 0 Å². The normalized spacial score (nSPS) is 15.3. The number of halogens is 1. The summed E-state index contributed by atoms with van der Waals surface area (Å²) in [5, 5.41) is 0. The second-order valence-electron chi connectivity index (χ2n) is 8.31. The van der Waals surface area contributed by atoms with Gasteiger partial charge < -0.3 is 14.0 Å². The SMILES string of the molecule is CCOC(=O)C1(c2ccc(F)c(OCc3ccc(-n4ccnc4C)cc3)c2)CCCCC1. The standard InChI is InChI=1S/C26H29FN2O3/c1-3-31-25(30)26(13-5-4-6-14-26)21-9-12-23(27)24(17-21)32-18-20-7-10-22(11-8-20)29-16-15-28-19(29)2/h7-12,15-17H,3-6,13-14,18H2,1-2H3. The third-order valence-electron chi connectivity index (χ3n) is 6.29. The van der Waals surface area contributed by atoms with E-state index in [2.05, 4.69) is 4.98 Å². The predicted molar refractivity (Wildman–Crippen MR) is 120 cm³/mol. The smallest absolute Gasteiger partial charge is 0.316 e. The molecule has 0 aliphatic heterocycles. The number of carbonyl (C=O) groups excluding carboxylic acids is 1. The van der Waals surface area contributed by atoms with Gasteiger partial charge >= 0.3 is 5.97 Å². The summed E-state index contributed by atoms with van der Waals surface area (Å²) >= 11 is 0. The fourth-order valence-electron chi connectivity index (χ4n) is 4.51. The Balaban J connectivity index is 1.53. The van der Waals surface area contributed by atoms with Gasteiger partial charge in [0.05, 0.1) is 12.0 Å². The van der Waals surface area contributed by atoms with Crippen LogP contribution in [0, 0.1) is 12.7 Å². The van der Waals surface area contributed by atoms with Crippen molar-refractivity contribution in [3.05, 3.63) is 77.6 Å². The quantitative estimate of drug-likeness (QED) is 0.448. The molecule has 0 atom stereocenters. The lowest BCUT2D eigenvalue weighted by Crippen LogP contribution is -2.39. The summed E-state index contributed by atoms with van der Waals surface area (Å²) < 4.78 is 27.8. The van der Waals surface area contributed by atoms with E-state index in [-0.39, 0.29) is 18.3 Å². The minimum absolute atomic E-state index is 0.159. The van der Waals surface area contributed by atoms with Gasteiger partial charge in [-0.1, -0.05) is 37.5 Å². The summed E-state index contributed by atoms with van der Waals surface area (Å²) in [6, 6.07) is 12.7. The molecule has 0 N–H and O–H groups in total. The molecule has 0 amide bonds. The summed E-state index contributed by atoms with van der Waals surface area (Å²) in [6.45, 7) is 4.32. The lowest BCUT2D eigenvalue weighted by atomic mass is 9.69. The Morgan fingerprint density at radius 1 is 1.12 bits per heavy atom. The molecule has 1 saturated carbocycles. The predicted octanol–water partition coefficient (Wildman–Crippen LogP) is 5.66. The van der Waals surface area contributed by atoms with Crippen LogP contribution in [0.15, 0.2) is 54.9 Å². The van der Waals surface area contributed by atoms with Gasteiger partial charge in [0.25, 0.3) is 0 Å². The first-order valence-electron chi connectivity index (χ1n) is 11.2. The Hall–Kier alpha value is -3.15. The van der Waals surface area contributed by atoms with Crippen molar-refractivity contribution in [1.29, 1.82) is 0 Å². The summed E-state index contributed by atoms with van der Waals surface area (Å²) in [5.74, 6) is 0.411. The first-order valence-corrected chi connectivity index (χ1v) is 11.2. The summed E-state index contributed by atoms with van der Waals surface area (Å²) in [4.78, 5) is 17.1. The van der Waals surface area contributed by atoms with Gasteiger partial charge in [0.15, 0.2) is 11.6 Å². The number of hydrogen-bond acceptors (Lipinski definition) is 4. The lowest BCUT2D eigenvalue weighted by molar-refractivity contribution is -0.151. The summed E-state index contributed by atoms with van der Waals surface area (Å²) in [5.41, 5.74) is 1.99. The topological polar surface area (TPSA) is 53.4 Å². The molecule has 3 aromatic rings. The van der Waals surface area contributed by atoms with Crippen molar-refractivity contribution < 1.29 is 18.7 Å². The van der Waals surface area contributed by atoms with Gasteiger partial charge in [0.2, 0.25) is 0 Å². The zero-order valence-corrected chi connectivity index (χ0v) is 18.6. The number of rotatable bonds is 7.